The maximum absolute atomic E-state index is 11.3. The smallest absolute Gasteiger partial charge is 0.328 e. The van der Waals surface area contributed by atoms with Crippen LogP contribution in [0.25, 0.3) is 0 Å². The first kappa shape index (κ1) is 12.3. The molecule has 0 aromatic heterocycles. The Bertz CT molecular complexity index is 434. The number of nitrogens with one attached hydrogen (secondary N) is 1. The van der Waals surface area contributed by atoms with Gasteiger partial charge in [-0.15, -0.1) is 0 Å². The number of anilines is 1. The highest BCUT2D eigenvalue weighted by molar-refractivity contribution is 6.34. The van der Waals surface area contributed by atoms with Crippen molar-refractivity contribution in [1.29, 1.82) is 0 Å². The average molecular weight is 240 g/mol. The van der Waals surface area contributed by atoms with E-state index in [9.17, 15) is 9.59 Å². The standard InChI is InChI=1S/C11H10ClNO3/c1-7-3-2-4-8(12)11(7)13-9(14)5-6-10(15)16/h2-6H,1H3,(H,13,14)(H,15,16)/b6-5+. The van der Waals surface area contributed by atoms with Crippen LogP contribution in [0.1, 0.15) is 5.56 Å². The van der Waals surface area contributed by atoms with Gasteiger partial charge in [0.2, 0.25) is 5.91 Å². The Hall–Kier alpha value is -1.81. The van der Waals surface area contributed by atoms with E-state index in [0.717, 1.165) is 17.7 Å². The molecule has 2 N–H and O–H groups in total. The molecule has 0 radical (unpaired) electrons. The second-order valence-electron chi connectivity index (χ2n) is 3.09. The van der Waals surface area contributed by atoms with Crippen LogP contribution in [-0.2, 0) is 9.59 Å². The topological polar surface area (TPSA) is 66.4 Å². The Kier molecular flexibility index (Phi) is 4.08. The molecule has 0 fully saturated rings. The van der Waals surface area contributed by atoms with Gasteiger partial charge in [-0.25, -0.2) is 4.79 Å². The fourth-order valence-corrected chi connectivity index (χ4v) is 1.37. The third-order valence-electron chi connectivity index (χ3n) is 1.85. The molecule has 0 unspecified atom stereocenters. The van der Waals surface area contributed by atoms with Crippen LogP contribution in [0, 0.1) is 6.92 Å². The fraction of sp³-hybridized carbons (Fsp3) is 0.0909. The lowest BCUT2D eigenvalue weighted by Gasteiger charge is -2.07. The van der Waals surface area contributed by atoms with E-state index in [0.29, 0.717) is 10.7 Å². The third-order valence-corrected chi connectivity index (χ3v) is 2.16. The molecule has 1 aromatic rings. The highest BCUT2D eigenvalue weighted by Crippen LogP contribution is 2.24. The monoisotopic (exact) mass is 239 g/mol. The Labute approximate surface area is 97.5 Å². The van der Waals surface area contributed by atoms with Crippen LogP contribution < -0.4 is 5.32 Å². The molecule has 0 atom stereocenters. The molecule has 0 saturated carbocycles. The highest BCUT2D eigenvalue weighted by Gasteiger charge is 2.05. The summed E-state index contributed by atoms with van der Waals surface area (Å²) in [7, 11) is 0. The number of hydrogen-bond acceptors (Lipinski definition) is 2. The van der Waals surface area contributed by atoms with Gasteiger partial charge in [0.1, 0.15) is 0 Å². The van der Waals surface area contributed by atoms with E-state index in [1.807, 2.05) is 0 Å². The normalized spacial score (nSPS) is 10.4. The fourth-order valence-electron chi connectivity index (χ4n) is 1.10. The van der Waals surface area contributed by atoms with Crippen LogP contribution >= 0.6 is 11.6 Å². The van der Waals surface area contributed by atoms with E-state index in [1.165, 1.54) is 0 Å². The van der Waals surface area contributed by atoms with Gasteiger partial charge in [0.25, 0.3) is 0 Å². The first-order chi connectivity index (χ1) is 7.50. The van der Waals surface area contributed by atoms with Crippen molar-refractivity contribution in [2.24, 2.45) is 0 Å². The van der Waals surface area contributed by atoms with Gasteiger partial charge in [-0.1, -0.05) is 23.7 Å². The van der Waals surface area contributed by atoms with E-state index in [-0.39, 0.29) is 0 Å². The third kappa shape index (κ3) is 3.40. The molecule has 0 saturated heterocycles. The first-order valence-electron chi connectivity index (χ1n) is 4.48. The number of para-hydroxylation sites is 1. The van der Waals surface area contributed by atoms with Crippen LogP contribution in [0.5, 0.6) is 0 Å². The lowest BCUT2D eigenvalue weighted by Crippen LogP contribution is -2.10. The van der Waals surface area contributed by atoms with Gasteiger partial charge in [-0.05, 0) is 18.6 Å². The number of carbonyl (C=O) groups is 2. The Morgan fingerprint density at radius 3 is 2.62 bits per heavy atom. The number of amides is 1. The zero-order chi connectivity index (χ0) is 12.1. The Balaban J connectivity index is 2.81. The van der Waals surface area contributed by atoms with Gasteiger partial charge in [-0.2, -0.15) is 0 Å². The number of carbonyl (C=O) groups excluding carboxylic acids is 1. The number of hydrogen-bond donors (Lipinski definition) is 2. The lowest BCUT2D eigenvalue weighted by atomic mass is 10.2. The summed E-state index contributed by atoms with van der Waals surface area (Å²) in [5, 5.41) is 11.3. The molecule has 16 heavy (non-hydrogen) atoms. The summed E-state index contributed by atoms with van der Waals surface area (Å²) in [5.41, 5.74) is 1.30. The van der Waals surface area contributed by atoms with Gasteiger partial charge in [0, 0.05) is 12.2 Å². The predicted octanol–water partition coefficient (Wildman–Crippen LogP) is 2.23. The Morgan fingerprint density at radius 2 is 2.06 bits per heavy atom. The van der Waals surface area contributed by atoms with Crippen molar-refractivity contribution in [1.82, 2.24) is 0 Å². The molecule has 1 aromatic carbocycles. The van der Waals surface area contributed by atoms with Crippen molar-refractivity contribution < 1.29 is 14.7 Å². The number of carboxylic acid groups (broad SMARTS) is 1. The quantitative estimate of drug-likeness (QED) is 0.795. The molecule has 0 spiro atoms. The zero-order valence-electron chi connectivity index (χ0n) is 8.53. The van der Waals surface area contributed by atoms with Gasteiger partial charge in [0.15, 0.2) is 0 Å². The van der Waals surface area contributed by atoms with Crippen molar-refractivity contribution in [2.45, 2.75) is 6.92 Å². The molecule has 0 aliphatic heterocycles. The zero-order valence-corrected chi connectivity index (χ0v) is 9.28. The molecule has 0 aliphatic carbocycles. The van der Waals surface area contributed by atoms with Crippen LogP contribution in [0.15, 0.2) is 30.4 Å². The first-order valence-corrected chi connectivity index (χ1v) is 4.85. The van der Waals surface area contributed by atoms with E-state index in [1.54, 1.807) is 25.1 Å². The number of aryl methyl sites for hydroxylation is 1. The van der Waals surface area contributed by atoms with Crippen LogP contribution in [-0.4, -0.2) is 17.0 Å². The summed E-state index contributed by atoms with van der Waals surface area (Å²) in [5.74, 6) is -1.70. The number of rotatable bonds is 3. The molecular weight excluding hydrogens is 230 g/mol. The summed E-state index contributed by atoms with van der Waals surface area (Å²) < 4.78 is 0. The van der Waals surface area contributed by atoms with Gasteiger partial charge >= 0.3 is 5.97 Å². The molecule has 5 heteroatoms. The molecule has 0 bridgehead atoms. The van der Waals surface area contributed by atoms with Crippen LogP contribution in [0.2, 0.25) is 5.02 Å². The predicted molar refractivity (Wildman–Crippen MR) is 61.6 cm³/mol. The van der Waals surface area contributed by atoms with Crippen LogP contribution in [0.4, 0.5) is 5.69 Å². The number of carboxylic acids is 1. The maximum atomic E-state index is 11.3. The molecule has 84 valence electrons. The molecular formula is C11H10ClNO3. The number of benzene rings is 1. The van der Waals surface area contributed by atoms with Crippen molar-refractivity contribution in [3.8, 4) is 0 Å². The minimum Gasteiger partial charge on any atom is -0.478 e. The second-order valence-corrected chi connectivity index (χ2v) is 3.50. The molecule has 0 aliphatic rings. The van der Waals surface area contributed by atoms with Gasteiger partial charge in [0.05, 0.1) is 10.7 Å². The molecule has 1 amide bonds. The van der Waals surface area contributed by atoms with Gasteiger partial charge < -0.3 is 10.4 Å². The molecule has 1 rings (SSSR count). The second kappa shape index (κ2) is 5.32. The van der Waals surface area contributed by atoms with Crippen molar-refractivity contribution in [3.05, 3.63) is 40.9 Å². The van der Waals surface area contributed by atoms with Crippen molar-refractivity contribution >= 4 is 29.2 Å². The summed E-state index contributed by atoms with van der Waals surface area (Å²) in [6, 6.07) is 5.20. The van der Waals surface area contributed by atoms with Gasteiger partial charge in [-0.3, -0.25) is 4.79 Å². The summed E-state index contributed by atoms with van der Waals surface area (Å²) in [4.78, 5) is 21.5. The summed E-state index contributed by atoms with van der Waals surface area (Å²) in [6.07, 6.45) is 1.70. The number of halogens is 1. The van der Waals surface area contributed by atoms with E-state index in [4.69, 9.17) is 16.7 Å². The SMILES string of the molecule is Cc1cccc(Cl)c1NC(=O)/C=C/C(=O)O. The minimum absolute atomic E-state index is 0.414. The minimum atomic E-state index is -1.17. The van der Waals surface area contributed by atoms with Crippen LogP contribution in [0.3, 0.4) is 0 Å². The molecule has 0 heterocycles. The largest absolute Gasteiger partial charge is 0.478 e. The Morgan fingerprint density at radius 1 is 1.38 bits per heavy atom. The number of aliphatic carboxylic acids is 1. The molecule has 4 nitrogen and oxygen atoms in total. The lowest BCUT2D eigenvalue weighted by molar-refractivity contribution is -0.131. The van der Waals surface area contributed by atoms with E-state index < -0.39 is 11.9 Å². The van der Waals surface area contributed by atoms with Crippen molar-refractivity contribution in [2.75, 3.05) is 5.32 Å². The summed E-state index contributed by atoms with van der Waals surface area (Å²) >= 11 is 5.88. The summed E-state index contributed by atoms with van der Waals surface area (Å²) in [6.45, 7) is 1.79. The van der Waals surface area contributed by atoms with E-state index in [2.05, 4.69) is 5.32 Å². The van der Waals surface area contributed by atoms with E-state index >= 15 is 0 Å². The average Bonchev–Trinajstić information content (AvgIpc) is 2.21. The van der Waals surface area contributed by atoms with Crippen molar-refractivity contribution in [3.63, 3.8) is 0 Å². The maximum Gasteiger partial charge on any atom is 0.328 e. The highest BCUT2D eigenvalue weighted by atomic mass is 35.5.